The lowest BCUT2D eigenvalue weighted by atomic mass is 10.0. The second kappa shape index (κ2) is 5.00. The van der Waals surface area contributed by atoms with Gasteiger partial charge in [0.1, 0.15) is 5.69 Å². The lowest BCUT2D eigenvalue weighted by Gasteiger charge is -2.06. The fourth-order valence-corrected chi connectivity index (χ4v) is 1.79. The van der Waals surface area contributed by atoms with Gasteiger partial charge in [-0.3, -0.25) is 4.79 Å². The van der Waals surface area contributed by atoms with E-state index in [-0.39, 0.29) is 5.78 Å². The van der Waals surface area contributed by atoms with Crippen molar-refractivity contribution < 1.29 is 4.79 Å². The number of fused-ring (bicyclic) bond motifs is 1. The van der Waals surface area contributed by atoms with Crippen molar-refractivity contribution in [3.63, 3.8) is 0 Å². The Hall–Kier alpha value is -2.16. The number of Topliss-reactive ketones (excluding diaryl/α,β-unsaturated/α-hetero) is 1. The second-order valence-electron chi connectivity index (χ2n) is 4.32. The summed E-state index contributed by atoms with van der Waals surface area (Å²) in [6.07, 6.45) is 1.14. The first-order valence-electron chi connectivity index (χ1n) is 5.97. The molecule has 0 saturated heterocycles. The van der Waals surface area contributed by atoms with Crippen LogP contribution in [0.25, 0.3) is 10.9 Å². The molecule has 0 atom stereocenters. The Morgan fingerprint density at radius 3 is 2.83 bits per heavy atom. The van der Waals surface area contributed by atoms with Gasteiger partial charge in [0.25, 0.3) is 0 Å². The maximum Gasteiger partial charge on any atom is 0.185 e. The third kappa shape index (κ3) is 2.40. The number of anilines is 1. The van der Waals surface area contributed by atoms with Crippen LogP contribution in [0.5, 0.6) is 0 Å². The Balaban J connectivity index is 2.40. The number of aromatic nitrogens is 1. The predicted molar refractivity (Wildman–Crippen MR) is 74.5 cm³/mol. The van der Waals surface area contributed by atoms with Crippen LogP contribution < -0.4 is 5.73 Å². The monoisotopic (exact) mass is 240 g/mol. The number of hydrogen-bond donors (Lipinski definition) is 1. The van der Waals surface area contributed by atoms with Gasteiger partial charge in [0.15, 0.2) is 5.78 Å². The van der Waals surface area contributed by atoms with Crippen LogP contribution in [0.1, 0.15) is 30.3 Å². The third-order valence-corrected chi connectivity index (χ3v) is 2.94. The summed E-state index contributed by atoms with van der Waals surface area (Å²) in [6, 6.07) is 9.19. The van der Waals surface area contributed by atoms with Crippen LogP contribution in [0.4, 0.5) is 5.69 Å². The fraction of sp³-hybridized carbons (Fsp3) is 0.200. The minimum atomic E-state index is -0.0284. The summed E-state index contributed by atoms with van der Waals surface area (Å²) in [5.74, 6) is -0.0284. The summed E-state index contributed by atoms with van der Waals surface area (Å²) in [7, 11) is 0. The van der Waals surface area contributed by atoms with Crippen molar-refractivity contribution in [3.8, 4) is 0 Å². The fourth-order valence-electron chi connectivity index (χ4n) is 1.79. The molecular weight excluding hydrogens is 224 g/mol. The molecule has 0 spiro atoms. The lowest BCUT2D eigenvalue weighted by molar-refractivity contribution is 0.0988. The minimum Gasteiger partial charge on any atom is -0.398 e. The van der Waals surface area contributed by atoms with E-state index in [1.54, 1.807) is 6.07 Å². The molecule has 1 heterocycles. The topological polar surface area (TPSA) is 56.0 Å². The van der Waals surface area contributed by atoms with E-state index in [2.05, 4.69) is 11.6 Å². The number of pyridine rings is 1. The average molecular weight is 240 g/mol. The summed E-state index contributed by atoms with van der Waals surface area (Å²) in [4.78, 5) is 16.4. The van der Waals surface area contributed by atoms with Crippen LogP contribution in [-0.2, 0) is 0 Å². The summed E-state index contributed by atoms with van der Waals surface area (Å²) in [6.45, 7) is 5.83. The van der Waals surface area contributed by atoms with Crippen molar-refractivity contribution in [2.45, 2.75) is 19.8 Å². The highest BCUT2D eigenvalue weighted by molar-refractivity contribution is 6.01. The molecule has 0 bridgehead atoms. The van der Waals surface area contributed by atoms with E-state index < -0.39 is 0 Å². The molecule has 2 aromatic rings. The lowest BCUT2D eigenvalue weighted by Crippen LogP contribution is -2.05. The largest absolute Gasteiger partial charge is 0.398 e. The summed E-state index contributed by atoms with van der Waals surface area (Å²) in [5.41, 5.74) is 8.61. The van der Waals surface area contributed by atoms with Crippen molar-refractivity contribution in [2.75, 3.05) is 5.73 Å². The van der Waals surface area contributed by atoms with Gasteiger partial charge in [0.2, 0.25) is 0 Å². The molecule has 0 unspecified atom stereocenters. The minimum absolute atomic E-state index is 0.0284. The van der Waals surface area contributed by atoms with E-state index in [0.29, 0.717) is 17.8 Å². The highest BCUT2D eigenvalue weighted by Gasteiger charge is 2.11. The van der Waals surface area contributed by atoms with Gasteiger partial charge in [-0.05, 0) is 18.6 Å². The highest BCUT2D eigenvalue weighted by atomic mass is 16.1. The number of carbonyl (C=O) groups is 1. The first-order chi connectivity index (χ1) is 8.61. The maximum atomic E-state index is 12.0. The van der Waals surface area contributed by atoms with Gasteiger partial charge in [-0.15, -0.1) is 0 Å². The Morgan fingerprint density at radius 1 is 1.39 bits per heavy atom. The van der Waals surface area contributed by atoms with E-state index in [1.165, 1.54) is 0 Å². The number of hydrogen-bond acceptors (Lipinski definition) is 3. The highest BCUT2D eigenvalue weighted by Crippen LogP contribution is 2.21. The zero-order valence-corrected chi connectivity index (χ0v) is 10.4. The molecule has 3 nitrogen and oxygen atoms in total. The zero-order valence-electron chi connectivity index (χ0n) is 10.4. The Morgan fingerprint density at radius 2 is 2.11 bits per heavy atom. The molecule has 92 valence electrons. The second-order valence-corrected chi connectivity index (χ2v) is 4.32. The van der Waals surface area contributed by atoms with E-state index in [0.717, 1.165) is 22.9 Å². The molecule has 3 heteroatoms. The third-order valence-electron chi connectivity index (χ3n) is 2.94. The van der Waals surface area contributed by atoms with Gasteiger partial charge in [0.05, 0.1) is 5.52 Å². The zero-order chi connectivity index (χ0) is 13.1. The van der Waals surface area contributed by atoms with Crippen molar-refractivity contribution in [3.05, 3.63) is 48.2 Å². The van der Waals surface area contributed by atoms with Crippen LogP contribution in [0.2, 0.25) is 0 Å². The van der Waals surface area contributed by atoms with Gasteiger partial charge >= 0.3 is 0 Å². The first kappa shape index (κ1) is 12.3. The van der Waals surface area contributed by atoms with Crippen LogP contribution in [0.3, 0.4) is 0 Å². The number of allylic oxidation sites excluding steroid dienone is 1. The van der Waals surface area contributed by atoms with Gasteiger partial charge < -0.3 is 5.73 Å². The number of benzene rings is 1. The first-order valence-corrected chi connectivity index (χ1v) is 5.97. The van der Waals surface area contributed by atoms with E-state index in [4.69, 9.17) is 5.73 Å². The SMILES string of the molecule is C=C(CC)CC(=O)c1cc(N)c2ccccc2n1. The number of ketones is 1. The molecule has 0 aliphatic rings. The van der Waals surface area contributed by atoms with Gasteiger partial charge in [-0.2, -0.15) is 0 Å². The molecule has 0 radical (unpaired) electrons. The number of nitrogen functional groups attached to an aromatic ring is 1. The molecule has 0 saturated carbocycles. The molecule has 0 fully saturated rings. The molecule has 2 N–H and O–H groups in total. The maximum absolute atomic E-state index is 12.0. The summed E-state index contributed by atoms with van der Waals surface area (Å²) >= 11 is 0. The molecular formula is C15H16N2O. The van der Waals surface area contributed by atoms with Crippen molar-refractivity contribution in [2.24, 2.45) is 0 Å². The van der Waals surface area contributed by atoms with Crippen LogP contribution >= 0.6 is 0 Å². The van der Waals surface area contributed by atoms with Crippen LogP contribution in [0, 0.1) is 0 Å². The smallest absolute Gasteiger partial charge is 0.185 e. The average Bonchev–Trinajstić information content (AvgIpc) is 2.38. The quantitative estimate of drug-likeness (QED) is 0.658. The van der Waals surface area contributed by atoms with Crippen molar-refractivity contribution in [1.29, 1.82) is 0 Å². The van der Waals surface area contributed by atoms with Gasteiger partial charge in [-0.25, -0.2) is 4.98 Å². The molecule has 0 amide bonds. The summed E-state index contributed by atoms with van der Waals surface area (Å²) < 4.78 is 0. The number of nitrogens with zero attached hydrogens (tertiary/aromatic N) is 1. The number of para-hydroxylation sites is 1. The molecule has 0 aliphatic heterocycles. The van der Waals surface area contributed by atoms with Crippen molar-refractivity contribution in [1.82, 2.24) is 4.98 Å². The summed E-state index contributed by atoms with van der Waals surface area (Å²) in [5, 5.41) is 0.878. The van der Waals surface area contributed by atoms with Gasteiger partial charge in [-0.1, -0.05) is 37.3 Å². The van der Waals surface area contributed by atoms with E-state index >= 15 is 0 Å². The molecule has 1 aromatic heterocycles. The van der Waals surface area contributed by atoms with Crippen molar-refractivity contribution >= 4 is 22.4 Å². The Bertz CT molecular complexity index is 617. The molecule has 2 rings (SSSR count). The van der Waals surface area contributed by atoms with Crippen LogP contribution in [-0.4, -0.2) is 10.8 Å². The number of rotatable bonds is 4. The molecule has 18 heavy (non-hydrogen) atoms. The Labute approximate surface area is 106 Å². The molecule has 1 aromatic carbocycles. The standard InChI is InChI=1S/C15H16N2O/c1-3-10(2)8-15(18)14-9-12(16)11-6-4-5-7-13(11)17-14/h4-7,9H,2-3,8H2,1H3,(H2,16,17). The van der Waals surface area contributed by atoms with Crippen LogP contribution in [0.15, 0.2) is 42.5 Å². The molecule has 0 aliphatic carbocycles. The van der Waals surface area contributed by atoms with E-state index in [1.807, 2.05) is 31.2 Å². The van der Waals surface area contributed by atoms with Gasteiger partial charge in [0, 0.05) is 17.5 Å². The Kier molecular flexibility index (Phi) is 3.42. The normalized spacial score (nSPS) is 10.5. The number of nitrogens with two attached hydrogens (primary N) is 1. The van der Waals surface area contributed by atoms with E-state index in [9.17, 15) is 4.79 Å². The predicted octanol–water partition coefficient (Wildman–Crippen LogP) is 3.36. The number of carbonyl (C=O) groups excluding carboxylic acids is 1.